The normalized spacial score (nSPS) is 28.5. The van der Waals surface area contributed by atoms with Crippen LogP contribution >= 0.6 is 0 Å². The zero-order valence-electron chi connectivity index (χ0n) is 14.1. The minimum absolute atomic E-state index is 0.0273. The molecule has 0 spiro atoms. The lowest BCUT2D eigenvalue weighted by atomic mass is 9.98. The molecule has 11 heteroatoms. The predicted octanol–water partition coefficient (Wildman–Crippen LogP) is 0.325. The summed E-state index contributed by atoms with van der Waals surface area (Å²) in [6.45, 7) is 2.73. The van der Waals surface area contributed by atoms with Gasteiger partial charge in [0.15, 0.2) is 0 Å². The lowest BCUT2D eigenvalue weighted by Crippen LogP contribution is -2.46. The van der Waals surface area contributed by atoms with Gasteiger partial charge >= 0.3 is 16.4 Å². The lowest BCUT2D eigenvalue weighted by molar-refractivity contribution is -0.0316. The van der Waals surface area contributed by atoms with Crippen molar-refractivity contribution in [2.45, 2.75) is 37.8 Å². The first-order valence-corrected chi connectivity index (χ1v) is 9.77. The zero-order chi connectivity index (χ0) is 18.2. The highest BCUT2D eigenvalue weighted by Gasteiger charge is 2.49. The molecule has 3 fully saturated rings. The number of fused-ring (bicyclic) bond motifs is 2. The summed E-state index contributed by atoms with van der Waals surface area (Å²) in [5.74, 6) is 0.431. The molecule has 0 aliphatic carbocycles. The smallest absolute Gasteiger partial charge is 0.418 e. The van der Waals surface area contributed by atoms with Crippen LogP contribution in [0.15, 0.2) is 0 Å². The molecule has 0 saturated carbocycles. The van der Waals surface area contributed by atoms with Gasteiger partial charge in [0.05, 0.1) is 12.6 Å². The monoisotopic (exact) mass is 376 g/mol. The van der Waals surface area contributed by atoms with Gasteiger partial charge in [0, 0.05) is 6.54 Å². The number of rotatable bonds is 5. The second-order valence-electron chi connectivity index (χ2n) is 6.93. The number of hydrogen-bond acceptors (Lipinski definition) is 7. The minimum Gasteiger partial charge on any atom is -0.479 e. The highest BCUT2D eigenvalue weighted by molar-refractivity contribution is 7.80. The maximum atomic E-state index is 12.3. The van der Waals surface area contributed by atoms with Crippen LogP contribution < -0.4 is 0 Å². The summed E-state index contributed by atoms with van der Waals surface area (Å²) in [6.07, 6.45) is 3.01. The van der Waals surface area contributed by atoms with Crippen LogP contribution in [0.5, 0.6) is 0 Å². The summed E-state index contributed by atoms with van der Waals surface area (Å²) in [5, 5.41) is 8.86. The average molecular weight is 376 g/mol. The van der Waals surface area contributed by atoms with E-state index in [0.717, 1.165) is 25.9 Å². The van der Waals surface area contributed by atoms with E-state index >= 15 is 0 Å². The Balaban J connectivity index is 1.55. The number of nitrogens with one attached hydrogen (secondary N) is 1. The Labute approximate surface area is 147 Å². The Hall–Kier alpha value is -1.43. The summed E-state index contributed by atoms with van der Waals surface area (Å²) < 4.78 is 40.6. The molecule has 0 radical (unpaired) electrons. The Bertz CT molecular complexity index is 633. The molecule has 0 unspecified atom stereocenters. The van der Waals surface area contributed by atoms with Gasteiger partial charge in [-0.15, -0.1) is 4.28 Å². The molecule has 0 aromatic heterocycles. The van der Waals surface area contributed by atoms with Gasteiger partial charge in [-0.1, -0.05) is 0 Å². The molecule has 3 aliphatic heterocycles. The number of amides is 2. The van der Waals surface area contributed by atoms with E-state index in [4.69, 9.17) is 14.7 Å². The van der Waals surface area contributed by atoms with Crippen molar-refractivity contribution in [2.75, 3.05) is 33.3 Å². The van der Waals surface area contributed by atoms with E-state index in [2.05, 4.69) is 16.2 Å². The van der Waals surface area contributed by atoms with Crippen LogP contribution in [0, 0.1) is 11.3 Å². The first-order chi connectivity index (χ1) is 11.7. The lowest BCUT2D eigenvalue weighted by Gasteiger charge is -2.32. The van der Waals surface area contributed by atoms with Crippen molar-refractivity contribution in [3.05, 3.63) is 0 Å². The van der Waals surface area contributed by atoms with E-state index in [1.54, 1.807) is 0 Å². The molecule has 2 amide bonds. The summed E-state index contributed by atoms with van der Waals surface area (Å²) in [7, 11) is -2.68. The van der Waals surface area contributed by atoms with E-state index in [1.165, 1.54) is 4.90 Å². The maximum Gasteiger partial charge on any atom is 0.418 e. The molecule has 0 aromatic rings. The Kier molecular flexibility index (Phi) is 5.19. The number of carbonyl (C=O) groups excluding carboxylic acids is 1. The molecule has 3 aliphatic rings. The van der Waals surface area contributed by atoms with Crippen molar-refractivity contribution in [1.29, 1.82) is 5.41 Å². The standard InChI is InChI=1S/C14H24N4O6S/c1-16-6-4-10(5-7-16)9-23-13(15)12-3-2-11-8-17(12)14(19)18(11)24-25(20,21)22/h10-12,15H,2-9H2,1H3,(H,20,21,22)/t11-,12+/m1/s1. The van der Waals surface area contributed by atoms with Crippen LogP contribution in [0.25, 0.3) is 0 Å². The van der Waals surface area contributed by atoms with Gasteiger partial charge in [-0.2, -0.15) is 13.5 Å². The fourth-order valence-electron chi connectivity index (χ4n) is 3.64. The highest BCUT2D eigenvalue weighted by atomic mass is 32.3. The molecule has 3 saturated heterocycles. The van der Waals surface area contributed by atoms with Gasteiger partial charge in [-0.05, 0) is 51.7 Å². The summed E-state index contributed by atoms with van der Waals surface area (Å²) >= 11 is 0. The molecule has 0 aromatic carbocycles. The van der Waals surface area contributed by atoms with Gasteiger partial charge in [-0.25, -0.2) is 4.79 Å². The largest absolute Gasteiger partial charge is 0.479 e. The summed E-state index contributed by atoms with van der Waals surface area (Å²) in [6, 6.07) is -1.64. The van der Waals surface area contributed by atoms with Crippen molar-refractivity contribution < 1.29 is 26.8 Å². The van der Waals surface area contributed by atoms with Crippen LogP contribution in [0.1, 0.15) is 25.7 Å². The van der Waals surface area contributed by atoms with E-state index in [0.29, 0.717) is 30.4 Å². The van der Waals surface area contributed by atoms with Crippen LogP contribution in [0.4, 0.5) is 4.79 Å². The zero-order valence-corrected chi connectivity index (χ0v) is 14.9. The topological polar surface area (TPSA) is 123 Å². The van der Waals surface area contributed by atoms with Crippen LogP contribution in [-0.2, 0) is 19.4 Å². The van der Waals surface area contributed by atoms with Gasteiger partial charge in [0.1, 0.15) is 6.04 Å². The molecule has 2 bridgehead atoms. The second kappa shape index (κ2) is 7.06. The number of nitrogens with zero attached hydrogens (tertiary/aromatic N) is 3. The number of urea groups is 1. The van der Waals surface area contributed by atoms with Crippen molar-refractivity contribution in [3.63, 3.8) is 0 Å². The molecule has 3 heterocycles. The third-order valence-electron chi connectivity index (χ3n) is 5.11. The SMILES string of the molecule is CN1CCC(COC(=N)[C@@H]2CC[C@@H]3CN2C(=O)N3OS(=O)(=O)O)CC1. The molecule has 142 valence electrons. The number of likely N-dealkylation sites (tertiary alicyclic amines) is 1. The number of ether oxygens (including phenoxy) is 1. The first-order valence-electron chi connectivity index (χ1n) is 8.41. The van der Waals surface area contributed by atoms with Gasteiger partial charge in [-0.3, -0.25) is 9.96 Å². The van der Waals surface area contributed by atoms with Crippen LogP contribution in [-0.4, -0.2) is 85.1 Å². The van der Waals surface area contributed by atoms with Gasteiger partial charge < -0.3 is 14.5 Å². The summed E-state index contributed by atoms with van der Waals surface area (Å²) in [5.41, 5.74) is 0. The van der Waals surface area contributed by atoms with E-state index < -0.39 is 28.5 Å². The Morgan fingerprint density at radius 3 is 2.60 bits per heavy atom. The highest BCUT2D eigenvalue weighted by Crippen LogP contribution is 2.31. The molecule has 3 rings (SSSR count). The molecule has 2 atom stereocenters. The fraction of sp³-hybridized carbons (Fsp3) is 0.857. The number of piperidine rings is 2. The van der Waals surface area contributed by atoms with Crippen molar-refractivity contribution in [3.8, 4) is 0 Å². The number of carbonyl (C=O) groups is 1. The van der Waals surface area contributed by atoms with E-state index in [1.807, 2.05) is 0 Å². The fourth-order valence-corrected chi connectivity index (χ4v) is 4.03. The predicted molar refractivity (Wildman–Crippen MR) is 87.3 cm³/mol. The Morgan fingerprint density at radius 2 is 1.96 bits per heavy atom. The number of hydrogen-bond donors (Lipinski definition) is 2. The van der Waals surface area contributed by atoms with Gasteiger partial charge in [0.2, 0.25) is 5.90 Å². The van der Waals surface area contributed by atoms with Gasteiger partial charge in [0.25, 0.3) is 0 Å². The van der Waals surface area contributed by atoms with Crippen LogP contribution in [0.3, 0.4) is 0 Å². The molecular weight excluding hydrogens is 352 g/mol. The van der Waals surface area contributed by atoms with Crippen molar-refractivity contribution in [1.82, 2.24) is 14.9 Å². The third-order valence-corrected chi connectivity index (χ3v) is 5.46. The molecular formula is C14H24N4O6S. The summed E-state index contributed by atoms with van der Waals surface area (Å²) in [4.78, 5) is 15.9. The minimum atomic E-state index is -4.76. The van der Waals surface area contributed by atoms with Crippen molar-refractivity contribution >= 4 is 22.3 Å². The average Bonchev–Trinajstić information content (AvgIpc) is 2.78. The quantitative estimate of drug-likeness (QED) is 0.402. The van der Waals surface area contributed by atoms with Crippen LogP contribution in [0.2, 0.25) is 0 Å². The Morgan fingerprint density at radius 1 is 1.28 bits per heavy atom. The first kappa shape index (κ1) is 18.4. The number of hydroxylamine groups is 2. The van der Waals surface area contributed by atoms with E-state index in [9.17, 15) is 13.2 Å². The third kappa shape index (κ3) is 4.22. The molecule has 2 N–H and O–H groups in total. The van der Waals surface area contributed by atoms with Crippen molar-refractivity contribution in [2.24, 2.45) is 5.92 Å². The maximum absolute atomic E-state index is 12.3. The molecule has 10 nitrogen and oxygen atoms in total. The molecule has 25 heavy (non-hydrogen) atoms. The van der Waals surface area contributed by atoms with E-state index in [-0.39, 0.29) is 12.4 Å². The second-order valence-corrected chi connectivity index (χ2v) is 7.94.